The Morgan fingerprint density at radius 2 is 1.96 bits per heavy atom. The molecule has 1 atom stereocenters. The molecule has 7 heteroatoms. The normalized spacial score (nSPS) is 17.8. The first-order valence-electron chi connectivity index (χ1n) is 7.56. The van der Waals surface area contributed by atoms with Crippen molar-refractivity contribution in [2.24, 2.45) is 5.92 Å². The summed E-state index contributed by atoms with van der Waals surface area (Å²) in [5, 5.41) is 2.63. The number of carbonyl (C=O) groups is 3. The van der Waals surface area contributed by atoms with E-state index in [1.54, 1.807) is 13.8 Å². The standard InChI is InChI=1S/C17H19FN2O4/c1-4-19-16(22)13-9-14(21)20(10(2)15(13)17(23)24-3)12-7-5-11(18)6-8-12/h5-8,13H,4,9H2,1-3H3,(H,19,22). The highest BCUT2D eigenvalue weighted by Crippen LogP contribution is 2.33. The second kappa shape index (κ2) is 7.25. The van der Waals surface area contributed by atoms with E-state index in [1.165, 1.54) is 36.3 Å². The van der Waals surface area contributed by atoms with Gasteiger partial charge in [-0.2, -0.15) is 0 Å². The molecule has 0 fully saturated rings. The van der Waals surface area contributed by atoms with Gasteiger partial charge in [-0.1, -0.05) is 0 Å². The molecule has 2 amide bonds. The average Bonchev–Trinajstić information content (AvgIpc) is 2.55. The first-order chi connectivity index (χ1) is 11.4. The predicted octanol–water partition coefficient (Wildman–Crippen LogP) is 1.76. The molecule has 0 radical (unpaired) electrons. The zero-order chi connectivity index (χ0) is 17.9. The Balaban J connectivity index is 2.52. The van der Waals surface area contributed by atoms with E-state index in [4.69, 9.17) is 4.74 Å². The second-order valence-electron chi connectivity index (χ2n) is 5.35. The minimum atomic E-state index is -0.901. The summed E-state index contributed by atoms with van der Waals surface area (Å²) in [6.45, 7) is 3.71. The lowest BCUT2D eigenvalue weighted by Crippen LogP contribution is -2.44. The van der Waals surface area contributed by atoms with Gasteiger partial charge in [-0.15, -0.1) is 0 Å². The van der Waals surface area contributed by atoms with Crippen molar-refractivity contribution in [2.75, 3.05) is 18.6 Å². The van der Waals surface area contributed by atoms with Crippen LogP contribution in [0.2, 0.25) is 0 Å². The lowest BCUT2D eigenvalue weighted by Gasteiger charge is -2.33. The number of amides is 2. The van der Waals surface area contributed by atoms with Crippen molar-refractivity contribution in [3.05, 3.63) is 41.4 Å². The number of esters is 1. The SMILES string of the molecule is CCNC(=O)C1CC(=O)N(c2ccc(F)cc2)C(C)=C1C(=O)OC. The summed E-state index contributed by atoms with van der Waals surface area (Å²) in [6.07, 6.45) is -0.162. The van der Waals surface area contributed by atoms with Crippen molar-refractivity contribution < 1.29 is 23.5 Å². The highest BCUT2D eigenvalue weighted by Gasteiger charge is 2.40. The number of hydrogen-bond donors (Lipinski definition) is 1. The van der Waals surface area contributed by atoms with Crippen LogP contribution in [-0.4, -0.2) is 31.4 Å². The summed E-state index contributed by atoms with van der Waals surface area (Å²) < 4.78 is 17.9. The summed E-state index contributed by atoms with van der Waals surface area (Å²) in [4.78, 5) is 38.2. The van der Waals surface area contributed by atoms with E-state index in [0.29, 0.717) is 17.9 Å². The molecular weight excluding hydrogens is 315 g/mol. The summed E-state index contributed by atoms with van der Waals surface area (Å²) in [5.74, 6) is -2.74. The van der Waals surface area contributed by atoms with Gasteiger partial charge in [0.2, 0.25) is 11.8 Å². The van der Waals surface area contributed by atoms with Crippen LogP contribution < -0.4 is 10.2 Å². The maximum Gasteiger partial charge on any atom is 0.336 e. The Bertz CT molecular complexity index is 697. The van der Waals surface area contributed by atoms with Crippen LogP contribution in [0.15, 0.2) is 35.5 Å². The number of ether oxygens (including phenoxy) is 1. The summed E-state index contributed by atoms with van der Waals surface area (Å²) in [7, 11) is 1.22. The largest absolute Gasteiger partial charge is 0.466 e. The molecule has 0 aromatic heterocycles. The smallest absolute Gasteiger partial charge is 0.336 e. The van der Waals surface area contributed by atoms with Crippen molar-refractivity contribution in [3.63, 3.8) is 0 Å². The van der Waals surface area contributed by atoms with Crippen molar-refractivity contribution >= 4 is 23.5 Å². The number of nitrogens with zero attached hydrogens (tertiary/aromatic N) is 1. The third-order valence-corrected chi connectivity index (χ3v) is 3.86. The Morgan fingerprint density at radius 1 is 1.33 bits per heavy atom. The van der Waals surface area contributed by atoms with E-state index < -0.39 is 23.6 Å². The molecular formula is C17H19FN2O4. The lowest BCUT2D eigenvalue weighted by atomic mass is 9.88. The topological polar surface area (TPSA) is 75.7 Å². The molecule has 1 aliphatic heterocycles. The Kier molecular flexibility index (Phi) is 5.33. The minimum absolute atomic E-state index is 0.132. The molecule has 0 aliphatic carbocycles. The van der Waals surface area contributed by atoms with Gasteiger partial charge in [0.25, 0.3) is 0 Å². The molecule has 128 valence electrons. The second-order valence-corrected chi connectivity index (χ2v) is 5.35. The zero-order valence-electron chi connectivity index (χ0n) is 13.8. The number of carbonyl (C=O) groups excluding carboxylic acids is 3. The molecule has 1 aromatic carbocycles. The molecule has 1 aromatic rings. The van der Waals surface area contributed by atoms with E-state index in [2.05, 4.69) is 5.32 Å². The number of rotatable bonds is 4. The van der Waals surface area contributed by atoms with E-state index in [-0.39, 0.29) is 17.9 Å². The zero-order valence-corrected chi connectivity index (χ0v) is 13.8. The first-order valence-corrected chi connectivity index (χ1v) is 7.56. The molecule has 24 heavy (non-hydrogen) atoms. The van der Waals surface area contributed by atoms with Gasteiger partial charge in [0.15, 0.2) is 0 Å². The van der Waals surface area contributed by atoms with Crippen LogP contribution in [-0.2, 0) is 19.1 Å². The van der Waals surface area contributed by atoms with Gasteiger partial charge in [0.05, 0.1) is 18.6 Å². The number of anilines is 1. The average molecular weight is 334 g/mol. The Morgan fingerprint density at radius 3 is 2.50 bits per heavy atom. The van der Waals surface area contributed by atoms with Crippen LogP contribution >= 0.6 is 0 Å². The number of hydrogen-bond acceptors (Lipinski definition) is 4. The molecule has 2 rings (SSSR count). The third-order valence-electron chi connectivity index (χ3n) is 3.86. The highest BCUT2D eigenvalue weighted by molar-refractivity contribution is 6.08. The van der Waals surface area contributed by atoms with Gasteiger partial charge in [-0.05, 0) is 38.1 Å². The number of methoxy groups -OCH3 is 1. The van der Waals surface area contributed by atoms with Crippen LogP contribution in [0.25, 0.3) is 0 Å². The minimum Gasteiger partial charge on any atom is -0.466 e. The summed E-state index contributed by atoms with van der Waals surface area (Å²) >= 11 is 0. The fourth-order valence-electron chi connectivity index (χ4n) is 2.78. The highest BCUT2D eigenvalue weighted by atomic mass is 19.1. The van der Waals surface area contributed by atoms with Crippen molar-refractivity contribution in [1.29, 1.82) is 0 Å². The van der Waals surface area contributed by atoms with Crippen LogP contribution in [0.3, 0.4) is 0 Å². The van der Waals surface area contributed by atoms with Gasteiger partial charge < -0.3 is 10.1 Å². The van der Waals surface area contributed by atoms with Crippen molar-refractivity contribution in [3.8, 4) is 0 Å². The molecule has 1 N–H and O–H groups in total. The summed E-state index contributed by atoms with van der Waals surface area (Å²) in [6, 6.07) is 5.34. The summed E-state index contributed by atoms with van der Waals surface area (Å²) in [5.41, 5.74) is 0.864. The molecule has 1 unspecified atom stereocenters. The van der Waals surface area contributed by atoms with Gasteiger partial charge >= 0.3 is 5.97 Å². The van der Waals surface area contributed by atoms with Crippen LogP contribution in [0.4, 0.5) is 10.1 Å². The van der Waals surface area contributed by atoms with E-state index in [0.717, 1.165) is 0 Å². The monoisotopic (exact) mass is 334 g/mol. The molecule has 1 heterocycles. The van der Waals surface area contributed by atoms with E-state index >= 15 is 0 Å². The number of nitrogens with one attached hydrogen (secondary N) is 1. The molecule has 0 spiro atoms. The lowest BCUT2D eigenvalue weighted by molar-refractivity contribution is -0.139. The van der Waals surface area contributed by atoms with Crippen LogP contribution in [0, 0.1) is 11.7 Å². The van der Waals surface area contributed by atoms with Gasteiger partial charge in [0.1, 0.15) is 5.82 Å². The van der Waals surface area contributed by atoms with Crippen LogP contribution in [0.5, 0.6) is 0 Å². The number of allylic oxidation sites excluding steroid dienone is 1. The van der Waals surface area contributed by atoms with Crippen molar-refractivity contribution in [2.45, 2.75) is 20.3 Å². The Labute approximate surface area is 139 Å². The molecule has 0 bridgehead atoms. The quantitative estimate of drug-likeness (QED) is 0.852. The van der Waals surface area contributed by atoms with Gasteiger partial charge in [-0.3, -0.25) is 14.5 Å². The van der Waals surface area contributed by atoms with E-state index in [9.17, 15) is 18.8 Å². The predicted molar refractivity (Wildman–Crippen MR) is 85.4 cm³/mol. The van der Waals surface area contributed by atoms with Gasteiger partial charge in [0, 0.05) is 24.4 Å². The first kappa shape index (κ1) is 17.7. The molecule has 0 saturated heterocycles. The van der Waals surface area contributed by atoms with Crippen LogP contribution in [0.1, 0.15) is 20.3 Å². The fraction of sp³-hybridized carbons (Fsp3) is 0.353. The van der Waals surface area contributed by atoms with Crippen molar-refractivity contribution in [1.82, 2.24) is 5.32 Å². The number of halogens is 1. The molecule has 0 saturated carbocycles. The maximum absolute atomic E-state index is 13.1. The Hall–Kier alpha value is -2.70. The fourth-order valence-corrected chi connectivity index (χ4v) is 2.78. The maximum atomic E-state index is 13.1. The third kappa shape index (κ3) is 3.29. The van der Waals surface area contributed by atoms with Gasteiger partial charge in [-0.25, -0.2) is 9.18 Å². The number of benzene rings is 1. The molecule has 1 aliphatic rings. The van der Waals surface area contributed by atoms with E-state index in [1.807, 2.05) is 0 Å². The molecule has 6 nitrogen and oxygen atoms in total.